The minimum absolute atomic E-state index is 0.107. The fraction of sp³-hybridized carbons (Fsp3) is 0.333. The first kappa shape index (κ1) is 20.3. The summed E-state index contributed by atoms with van der Waals surface area (Å²) in [6.45, 7) is 7.64. The number of hydrogen-bond donors (Lipinski definition) is 2. The highest BCUT2D eigenvalue weighted by atomic mass is 16.6. The number of aliphatic imine (C=N–C) groups is 1. The number of carbonyl (C=O) groups excluding carboxylic acids is 1. The zero-order valence-corrected chi connectivity index (χ0v) is 16.2. The lowest BCUT2D eigenvalue weighted by Gasteiger charge is -2.17. The van der Waals surface area contributed by atoms with Gasteiger partial charge in [-0.25, -0.2) is 4.79 Å². The maximum Gasteiger partial charge on any atom is 0.436 e. The molecule has 0 atom stereocenters. The number of carbonyl (C=O) groups is 1. The largest absolute Gasteiger partial charge is 0.508 e. The third-order valence-corrected chi connectivity index (χ3v) is 3.52. The van der Waals surface area contributed by atoms with E-state index in [1.165, 1.54) is 0 Å². The summed E-state index contributed by atoms with van der Waals surface area (Å²) < 4.78 is 10.8. The first-order valence-corrected chi connectivity index (χ1v) is 8.72. The third kappa shape index (κ3) is 7.01. The summed E-state index contributed by atoms with van der Waals surface area (Å²) >= 11 is 0. The molecule has 6 heteroatoms. The van der Waals surface area contributed by atoms with Crippen LogP contribution in [-0.4, -0.2) is 29.2 Å². The van der Waals surface area contributed by atoms with Gasteiger partial charge >= 0.3 is 6.09 Å². The SMILES string of the molecule is Cc1cc(O)cc(OCCc2cccc(C(N)=NC(=O)OC(C)(C)C)c2)c1. The summed E-state index contributed by atoms with van der Waals surface area (Å²) in [5.74, 6) is 0.906. The van der Waals surface area contributed by atoms with E-state index in [9.17, 15) is 9.90 Å². The number of benzene rings is 2. The van der Waals surface area contributed by atoms with E-state index in [-0.39, 0.29) is 11.6 Å². The number of ether oxygens (including phenoxy) is 2. The Hall–Kier alpha value is -3.02. The number of amidine groups is 1. The van der Waals surface area contributed by atoms with Gasteiger partial charge in [-0.3, -0.25) is 0 Å². The lowest BCUT2D eigenvalue weighted by atomic mass is 10.1. The molecule has 3 N–H and O–H groups in total. The van der Waals surface area contributed by atoms with E-state index in [2.05, 4.69) is 4.99 Å². The van der Waals surface area contributed by atoms with Gasteiger partial charge in [0, 0.05) is 18.1 Å². The maximum atomic E-state index is 11.8. The molecule has 1 amide bonds. The maximum absolute atomic E-state index is 11.8. The molecule has 0 saturated carbocycles. The van der Waals surface area contributed by atoms with Crippen LogP contribution >= 0.6 is 0 Å². The molecule has 0 radical (unpaired) electrons. The minimum Gasteiger partial charge on any atom is -0.508 e. The van der Waals surface area contributed by atoms with Gasteiger partial charge in [-0.1, -0.05) is 18.2 Å². The molecule has 144 valence electrons. The summed E-state index contributed by atoms with van der Waals surface area (Å²) in [7, 11) is 0. The predicted octanol–water partition coefficient (Wildman–Crippen LogP) is 3.96. The standard InChI is InChI=1S/C21H26N2O4/c1-14-10-17(24)13-18(11-14)26-9-8-15-6-5-7-16(12-15)19(22)23-20(25)27-21(2,3)4/h5-7,10-13,24H,8-9H2,1-4H3,(H2,22,23,25). The molecule has 0 saturated heterocycles. The Morgan fingerprint density at radius 2 is 1.93 bits per heavy atom. The van der Waals surface area contributed by atoms with Crippen molar-refractivity contribution in [3.8, 4) is 11.5 Å². The lowest BCUT2D eigenvalue weighted by molar-refractivity contribution is 0.0604. The van der Waals surface area contributed by atoms with Crippen LogP contribution in [0.2, 0.25) is 0 Å². The van der Waals surface area contributed by atoms with Crippen molar-refractivity contribution >= 4 is 11.9 Å². The van der Waals surface area contributed by atoms with Crippen molar-refractivity contribution in [1.29, 1.82) is 0 Å². The molecule has 6 nitrogen and oxygen atoms in total. The second kappa shape index (κ2) is 8.58. The zero-order chi connectivity index (χ0) is 20.0. The van der Waals surface area contributed by atoms with Gasteiger partial charge in [0.1, 0.15) is 22.9 Å². The number of nitrogens with zero attached hydrogens (tertiary/aromatic N) is 1. The molecule has 27 heavy (non-hydrogen) atoms. The van der Waals surface area contributed by atoms with Crippen LogP contribution in [0.25, 0.3) is 0 Å². The Morgan fingerprint density at radius 1 is 1.19 bits per heavy atom. The van der Waals surface area contributed by atoms with E-state index >= 15 is 0 Å². The number of amides is 1. The van der Waals surface area contributed by atoms with E-state index in [0.717, 1.165) is 11.1 Å². The van der Waals surface area contributed by atoms with Crippen molar-refractivity contribution in [2.24, 2.45) is 10.7 Å². The van der Waals surface area contributed by atoms with Crippen LogP contribution in [0.15, 0.2) is 47.5 Å². The summed E-state index contributed by atoms with van der Waals surface area (Å²) in [5.41, 5.74) is 7.87. The fourth-order valence-electron chi connectivity index (χ4n) is 2.43. The molecule has 0 fully saturated rings. The van der Waals surface area contributed by atoms with Gasteiger partial charge < -0.3 is 20.3 Å². The molecule has 0 heterocycles. The van der Waals surface area contributed by atoms with E-state index in [4.69, 9.17) is 15.2 Å². The summed E-state index contributed by atoms with van der Waals surface area (Å²) in [6, 6.07) is 12.5. The number of phenolic OH excluding ortho intramolecular Hbond substituents is 1. The topological polar surface area (TPSA) is 94.1 Å². The first-order chi connectivity index (χ1) is 12.6. The third-order valence-electron chi connectivity index (χ3n) is 3.52. The van der Waals surface area contributed by atoms with Gasteiger partial charge in [0.05, 0.1) is 6.61 Å². The van der Waals surface area contributed by atoms with Crippen LogP contribution in [0.1, 0.15) is 37.5 Å². The molecule has 0 spiro atoms. The molecular formula is C21H26N2O4. The van der Waals surface area contributed by atoms with Crippen molar-refractivity contribution in [1.82, 2.24) is 0 Å². The number of rotatable bonds is 5. The van der Waals surface area contributed by atoms with Gasteiger partial charge in [0.15, 0.2) is 0 Å². The highest BCUT2D eigenvalue weighted by molar-refractivity contribution is 6.02. The van der Waals surface area contributed by atoms with E-state index < -0.39 is 11.7 Å². The molecule has 2 aromatic carbocycles. The quantitative estimate of drug-likeness (QED) is 0.614. The Kier molecular flexibility index (Phi) is 6.45. The van der Waals surface area contributed by atoms with Crippen LogP contribution in [0.3, 0.4) is 0 Å². The average molecular weight is 370 g/mol. The van der Waals surface area contributed by atoms with Crippen LogP contribution in [0.5, 0.6) is 11.5 Å². The van der Waals surface area contributed by atoms with Crippen molar-refractivity contribution in [2.45, 2.75) is 39.7 Å². The van der Waals surface area contributed by atoms with Crippen LogP contribution in [0, 0.1) is 6.92 Å². The number of phenols is 1. The Bertz CT molecular complexity index is 818. The molecular weight excluding hydrogens is 344 g/mol. The number of aryl methyl sites for hydroxylation is 1. The van der Waals surface area contributed by atoms with Gasteiger partial charge in [-0.05, 0) is 57.0 Å². The number of aromatic hydroxyl groups is 1. The van der Waals surface area contributed by atoms with Crippen LogP contribution < -0.4 is 10.5 Å². The van der Waals surface area contributed by atoms with Crippen molar-refractivity contribution in [3.05, 3.63) is 59.2 Å². The molecule has 0 aliphatic heterocycles. The molecule has 0 bridgehead atoms. The Balaban J connectivity index is 1.99. The highest BCUT2D eigenvalue weighted by Crippen LogP contribution is 2.21. The summed E-state index contributed by atoms with van der Waals surface area (Å²) in [6.07, 6.45) is -0.0737. The van der Waals surface area contributed by atoms with Gasteiger partial charge in [-0.15, -0.1) is 0 Å². The predicted molar refractivity (Wildman–Crippen MR) is 105 cm³/mol. The average Bonchev–Trinajstić information content (AvgIpc) is 2.52. The van der Waals surface area contributed by atoms with E-state index in [1.54, 1.807) is 39.0 Å². The Morgan fingerprint density at radius 3 is 2.59 bits per heavy atom. The second-order valence-electron chi connectivity index (χ2n) is 7.28. The number of hydrogen-bond acceptors (Lipinski definition) is 4. The minimum atomic E-state index is -0.715. The van der Waals surface area contributed by atoms with Crippen molar-refractivity contribution < 1.29 is 19.4 Å². The monoisotopic (exact) mass is 370 g/mol. The number of nitrogens with two attached hydrogens (primary N) is 1. The van der Waals surface area contributed by atoms with E-state index in [0.29, 0.717) is 24.3 Å². The molecule has 2 aromatic rings. The van der Waals surface area contributed by atoms with E-state index in [1.807, 2.05) is 31.2 Å². The highest BCUT2D eigenvalue weighted by Gasteiger charge is 2.16. The van der Waals surface area contributed by atoms with Crippen molar-refractivity contribution in [3.63, 3.8) is 0 Å². The molecule has 0 unspecified atom stereocenters. The van der Waals surface area contributed by atoms with Gasteiger partial charge in [0.2, 0.25) is 0 Å². The second-order valence-corrected chi connectivity index (χ2v) is 7.28. The normalized spacial score (nSPS) is 11.9. The smallest absolute Gasteiger partial charge is 0.436 e. The zero-order valence-electron chi connectivity index (χ0n) is 16.2. The molecule has 0 aliphatic rings. The van der Waals surface area contributed by atoms with Gasteiger partial charge in [0.25, 0.3) is 0 Å². The van der Waals surface area contributed by atoms with Gasteiger partial charge in [-0.2, -0.15) is 4.99 Å². The summed E-state index contributed by atoms with van der Waals surface area (Å²) in [5, 5.41) is 9.61. The Labute approximate surface area is 159 Å². The first-order valence-electron chi connectivity index (χ1n) is 8.72. The lowest BCUT2D eigenvalue weighted by Crippen LogP contribution is -2.24. The molecule has 0 aliphatic carbocycles. The summed E-state index contributed by atoms with van der Waals surface area (Å²) in [4.78, 5) is 15.6. The fourth-order valence-corrected chi connectivity index (χ4v) is 2.43. The van der Waals surface area contributed by atoms with Crippen LogP contribution in [0.4, 0.5) is 4.79 Å². The van der Waals surface area contributed by atoms with Crippen molar-refractivity contribution in [2.75, 3.05) is 6.61 Å². The molecule has 0 aromatic heterocycles. The molecule has 2 rings (SSSR count). The van der Waals surface area contributed by atoms with Crippen LogP contribution in [-0.2, 0) is 11.2 Å².